The number of benzene rings is 1. The van der Waals surface area contributed by atoms with Gasteiger partial charge in [0.15, 0.2) is 0 Å². The summed E-state index contributed by atoms with van der Waals surface area (Å²) < 4.78 is 0. The molecular weight excluding hydrogens is 344 g/mol. The summed E-state index contributed by atoms with van der Waals surface area (Å²) in [6.45, 7) is 7.07. The van der Waals surface area contributed by atoms with Gasteiger partial charge >= 0.3 is 0 Å². The SMILES string of the molecule is Cc1nc(NCC(=O)N2CCCc3ccccc32)c2c(C)c(C)sc2n1. The van der Waals surface area contributed by atoms with Crippen LogP contribution in [0.1, 0.15) is 28.2 Å². The maximum atomic E-state index is 12.9. The lowest BCUT2D eigenvalue weighted by atomic mass is 10.0. The Hall–Kier alpha value is -2.47. The van der Waals surface area contributed by atoms with Crippen LogP contribution in [-0.4, -0.2) is 29.0 Å². The molecule has 1 N–H and O–H groups in total. The molecule has 0 aliphatic carbocycles. The van der Waals surface area contributed by atoms with Gasteiger partial charge in [0, 0.05) is 17.1 Å². The Morgan fingerprint density at radius 3 is 2.88 bits per heavy atom. The highest BCUT2D eigenvalue weighted by atomic mass is 32.1. The van der Waals surface area contributed by atoms with Crippen LogP contribution in [0.2, 0.25) is 0 Å². The molecule has 0 bridgehead atoms. The lowest BCUT2D eigenvalue weighted by Crippen LogP contribution is -2.39. The molecule has 3 heterocycles. The number of aryl methyl sites for hydroxylation is 4. The van der Waals surface area contributed by atoms with Crippen molar-refractivity contribution in [1.82, 2.24) is 9.97 Å². The second-order valence-electron chi connectivity index (χ2n) is 6.71. The molecule has 134 valence electrons. The third kappa shape index (κ3) is 2.94. The van der Waals surface area contributed by atoms with Crippen LogP contribution in [0.15, 0.2) is 24.3 Å². The highest BCUT2D eigenvalue weighted by Gasteiger charge is 2.22. The molecule has 5 nitrogen and oxygen atoms in total. The molecule has 0 saturated carbocycles. The number of thiophene rings is 1. The normalized spacial score (nSPS) is 13.7. The van der Waals surface area contributed by atoms with E-state index in [1.807, 2.05) is 30.0 Å². The van der Waals surface area contributed by atoms with E-state index in [1.165, 1.54) is 16.0 Å². The summed E-state index contributed by atoms with van der Waals surface area (Å²) in [5, 5.41) is 4.31. The largest absolute Gasteiger partial charge is 0.360 e. The molecule has 26 heavy (non-hydrogen) atoms. The van der Waals surface area contributed by atoms with Crippen LogP contribution in [0.25, 0.3) is 10.2 Å². The monoisotopic (exact) mass is 366 g/mol. The van der Waals surface area contributed by atoms with Crippen LogP contribution in [0.5, 0.6) is 0 Å². The van der Waals surface area contributed by atoms with Gasteiger partial charge in [-0.1, -0.05) is 18.2 Å². The maximum Gasteiger partial charge on any atom is 0.246 e. The third-order valence-corrected chi connectivity index (χ3v) is 6.06. The van der Waals surface area contributed by atoms with E-state index >= 15 is 0 Å². The lowest BCUT2D eigenvalue weighted by Gasteiger charge is -2.29. The second-order valence-corrected chi connectivity index (χ2v) is 7.92. The zero-order valence-electron chi connectivity index (χ0n) is 15.3. The minimum atomic E-state index is 0.0752. The van der Waals surface area contributed by atoms with Crippen LogP contribution in [0.3, 0.4) is 0 Å². The van der Waals surface area contributed by atoms with Gasteiger partial charge in [0.05, 0.1) is 11.9 Å². The van der Waals surface area contributed by atoms with Crippen molar-refractivity contribution >= 4 is 39.0 Å². The van der Waals surface area contributed by atoms with Gasteiger partial charge in [-0.15, -0.1) is 11.3 Å². The van der Waals surface area contributed by atoms with E-state index in [1.54, 1.807) is 11.3 Å². The quantitative estimate of drug-likeness (QED) is 0.761. The van der Waals surface area contributed by atoms with Crippen molar-refractivity contribution < 1.29 is 4.79 Å². The van der Waals surface area contributed by atoms with Crippen molar-refractivity contribution in [2.45, 2.75) is 33.6 Å². The van der Waals surface area contributed by atoms with E-state index in [0.717, 1.165) is 46.9 Å². The summed E-state index contributed by atoms with van der Waals surface area (Å²) in [6.07, 6.45) is 2.04. The molecule has 1 aliphatic heterocycles. The van der Waals surface area contributed by atoms with Gasteiger partial charge in [-0.3, -0.25) is 4.79 Å². The first-order valence-corrected chi connectivity index (χ1v) is 9.72. The molecule has 0 saturated heterocycles. The Morgan fingerprint density at radius 1 is 1.23 bits per heavy atom. The number of amides is 1. The van der Waals surface area contributed by atoms with E-state index in [-0.39, 0.29) is 12.5 Å². The summed E-state index contributed by atoms with van der Waals surface area (Å²) in [5.41, 5.74) is 3.47. The van der Waals surface area contributed by atoms with Crippen LogP contribution in [0.4, 0.5) is 11.5 Å². The predicted molar refractivity (Wildman–Crippen MR) is 107 cm³/mol. The fourth-order valence-electron chi connectivity index (χ4n) is 3.53. The van der Waals surface area contributed by atoms with Gasteiger partial charge in [0.1, 0.15) is 16.5 Å². The molecule has 4 rings (SSSR count). The fourth-order valence-corrected chi connectivity index (χ4v) is 4.61. The first-order valence-electron chi connectivity index (χ1n) is 8.91. The van der Waals surface area contributed by atoms with Gasteiger partial charge in [-0.25, -0.2) is 9.97 Å². The van der Waals surface area contributed by atoms with E-state index in [2.05, 4.69) is 35.2 Å². The standard InChI is InChI=1S/C20H22N4OS/c1-12-13(2)26-20-18(12)19(22-14(3)23-20)21-11-17(25)24-10-6-8-15-7-4-5-9-16(15)24/h4-5,7,9H,6,8,10-11H2,1-3H3,(H,21,22,23). The number of carbonyl (C=O) groups is 1. The zero-order chi connectivity index (χ0) is 18.3. The van der Waals surface area contributed by atoms with Crippen LogP contribution >= 0.6 is 11.3 Å². The fraction of sp³-hybridized carbons (Fsp3) is 0.350. The summed E-state index contributed by atoms with van der Waals surface area (Å²) in [4.78, 5) is 26.1. The Kier molecular flexibility index (Phi) is 4.36. The predicted octanol–water partition coefficient (Wildman–Crippen LogP) is 4.01. The average molecular weight is 366 g/mol. The van der Waals surface area contributed by atoms with Gasteiger partial charge in [0.25, 0.3) is 0 Å². The molecule has 2 aromatic heterocycles. The summed E-state index contributed by atoms with van der Waals surface area (Å²) in [7, 11) is 0. The second kappa shape index (κ2) is 6.68. The smallest absolute Gasteiger partial charge is 0.246 e. The molecule has 0 fully saturated rings. The molecule has 0 unspecified atom stereocenters. The Balaban J connectivity index is 1.59. The van der Waals surface area contributed by atoms with Crippen molar-refractivity contribution in [2.24, 2.45) is 0 Å². The van der Waals surface area contributed by atoms with Crippen molar-refractivity contribution in [3.63, 3.8) is 0 Å². The number of nitrogens with one attached hydrogen (secondary N) is 1. The highest BCUT2D eigenvalue weighted by Crippen LogP contribution is 2.33. The zero-order valence-corrected chi connectivity index (χ0v) is 16.1. The summed E-state index contributed by atoms with van der Waals surface area (Å²) in [6, 6.07) is 8.17. The molecule has 3 aromatic rings. The van der Waals surface area contributed by atoms with Crippen molar-refractivity contribution in [3.05, 3.63) is 46.1 Å². The van der Waals surface area contributed by atoms with Crippen molar-refractivity contribution in [3.8, 4) is 0 Å². The van der Waals surface area contributed by atoms with Crippen molar-refractivity contribution in [2.75, 3.05) is 23.3 Å². The number of hydrogen-bond acceptors (Lipinski definition) is 5. The topological polar surface area (TPSA) is 58.1 Å². The van der Waals surface area contributed by atoms with Gasteiger partial charge < -0.3 is 10.2 Å². The molecular formula is C20H22N4OS. The Labute approximate surface area is 157 Å². The van der Waals surface area contributed by atoms with Gasteiger partial charge in [-0.2, -0.15) is 0 Å². The first-order chi connectivity index (χ1) is 12.5. The number of hydrogen-bond donors (Lipinski definition) is 1. The maximum absolute atomic E-state index is 12.9. The molecule has 0 radical (unpaired) electrons. The first kappa shape index (κ1) is 17.0. The summed E-state index contributed by atoms with van der Waals surface area (Å²) in [5.74, 6) is 1.55. The Bertz CT molecular complexity index is 995. The summed E-state index contributed by atoms with van der Waals surface area (Å²) >= 11 is 1.67. The van der Waals surface area contributed by atoms with Gasteiger partial charge in [-0.05, 0) is 50.8 Å². The minimum absolute atomic E-state index is 0.0752. The number of rotatable bonds is 3. The highest BCUT2D eigenvalue weighted by molar-refractivity contribution is 7.18. The lowest BCUT2D eigenvalue weighted by molar-refractivity contribution is -0.117. The number of nitrogens with zero attached hydrogens (tertiary/aromatic N) is 3. The number of para-hydroxylation sites is 1. The van der Waals surface area contributed by atoms with Crippen LogP contribution < -0.4 is 10.2 Å². The molecule has 1 amide bonds. The number of fused-ring (bicyclic) bond motifs is 2. The van der Waals surface area contributed by atoms with E-state index in [9.17, 15) is 4.79 Å². The number of aromatic nitrogens is 2. The van der Waals surface area contributed by atoms with E-state index < -0.39 is 0 Å². The van der Waals surface area contributed by atoms with E-state index in [4.69, 9.17) is 0 Å². The Morgan fingerprint density at radius 2 is 2.04 bits per heavy atom. The molecule has 0 spiro atoms. The minimum Gasteiger partial charge on any atom is -0.360 e. The third-order valence-electron chi connectivity index (χ3n) is 4.96. The molecule has 0 atom stereocenters. The van der Waals surface area contributed by atoms with Crippen LogP contribution in [0, 0.1) is 20.8 Å². The molecule has 1 aliphatic rings. The van der Waals surface area contributed by atoms with Gasteiger partial charge in [0.2, 0.25) is 5.91 Å². The van der Waals surface area contributed by atoms with Crippen LogP contribution in [-0.2, 0) is 11.2 Å². The average Bonchev–Trinajstić information content (AvgIpc) is 2.92. The number of anilines is 2. The molecule has 1 aromatic carbocycles. The molecule has 6 heteroatoms. The van der Waals surface area contributed by atoms with Crippen molar-refractivity contribution in [1.29, 1.82) is 0 Å². The van der Waals surface area contributed by atoms with E-state index in [0.29, 0.717) is 0 Å². The number of carbonyl (C=O) groups excluding carboxylic acids is 1.